The van der Waals surface area contributed by atoms with E-state index in [1.54, 1.807) is 30.3 Å². The van der Waals surface area contributed by atoms with E-state index >= 15 is 0 Å². The van der Waals surface area contributed by atoms with Gasteiger partial charge < -0.3 is 14.2 Å². The van der Waals surface area contributed by atoms with Crippen molar-refractivity contribution in [3.8, 4) is 17.2 Å². The van der Waals surface area contributed by atoms with Crippen molar-refractivity contribution in [2.75, 3.05) is 13.2 Å². The fraction of sp³-hybridized carbons (Fsp3) is 0.629. The molecule has 0 N–H and O–H groups in total. The molecular weight excluding hydrogens is 503 g/mol. The fourth-order valence-electron chi connectivity index (χ4n) is 5.71. The highest BCUT2D eigenvalue weighted by Gasteiger charge is 2.20. The zero-order valence-corrected chi connectivity index (χ0v) is 24.9. The molecule has 0 radical (unpaired) electrons. The van der Waals surface area contributed by atoms with Crippen molar-refractivity contribution in [1.82, 2.24) is 0 Å². The van der Waals surface area contributed by atoms with Crippen LogP contribution in [0.5, 0.6) is 17.2 Å². The van der Waals surface area contributed by atoms with Gasteiger partial charge in [-0.2, -0.15) is 0 Å². The minimum absolute atomic E-state index is 0.154. The first-order valence-electron chi connectivity index (χ1n) is 16.0. The smallest absolute Gasteiger partial charge is 0.343 e. The van der Waals surface area contributed by atoms with Crippen molar-refractivity contribution in [2.24, 2.45) is 11.8 Å². The van der Waals surface area contributed by atoms with Crippen molar-refractivity contribution in [3.63, 3.8) is 0 Å². The quantitative estimate of drug-likeness (QED) is 0.0984. The highest BCUT2D eigenvalue weighted by Crippen LogP contribution is 2.33. The summed E-state index contributed by atoms with van der Waals surface area (Å²) >= 11 is 0. The second-order valence-corrected chi connectivity index (χ2v) is 11.5. The standard InChI is InChI=1S/C35H51FO4/c1-3-5-6-7-8-9-10-11-25-39-34-24-19-30(27-33(34)36)35(37)40-32-22-20-31(21-23-32)38-26-12-14-29-17-15-28(13-4-2)16-18-29/h19-24,27-29H,3-18,25-26H2,1-2H3. The Labute approximate surface area is 242 Å². The largest absolute Gasteiger partial charge is 0.494 e. The molecule has 5 heteroatoms. The normalized spacial score (nSPS) is 17.0. The highest BCUT2D eigenvalue weighted by molar-refractivity contribution is 5.91. The van der Waals surface area contributed by atoms with E-state index in [2.05, 4.69) is 13.8 Å². The average molecular weight is 555 g/mol. The molecule has 0 aliphatic heterocycles. The Balaban J connectivity index is 1.31. The van der Waals surface area contributed by atoms with Crippen LogP contribution in [0, 0.1) is 17.7 Å². The molecule has 0 spiro atoms. The number of carbonyl (C=O) groups is 1. The van der Waals surface area contributed by atoms with E-state index in [0.717, 1.165) is 36.8 Å². The number of rotatable bonds is 19. The molecule has 3 rings (SSSR count). The molecule has 0 atom stereocenters. The number of carbonyl (C=O) groups excluding carboxylic acids is 1. The zero-order chi connectivity index (χ0) is 28.4. The van der Waals surface area contributed by atoms with E-state index in [1.807, 2.05) is 0 Å². The molecule has 40 heavy (non-hydrogen) atoms. The van der Waals surface area contributed by atoms with Crippen LogP contribution < -0.4 is 14.2 Å². The number of halogens is 1. The summed E-state index contributed by atoms with van der Waals surface area (Å²) in [4.78, 5) is 12.5. The third kappa shape index (κ3) is 11.9. The van der Waals surface area contributed by atoms with Crippen LogP contribution in [0.1, 0.15) is 127 Å². The van der Waals surface area contributed by atoms with Gasteiger partial charge in [0.15, 0.2) is 11.6 Å². The van der Waals surface area contributed by atoms with Crippen LogP contribution in [-0.4, -0.2) is 19.2 Å². The summed E-state index contributed by atoms with van der Waals surface area (Å²) in [6.07, 6.45) is 20.1. The van der Waals surface area contributed by atoms with Gasteiger partial charge in [0.25, 0.3) is 0 Å². The van der Waals surface area contributed by atoms with Gasteiger partial charge in [-0.3, -0.25) is 0 Å². The molecule has 4 nitrogen and oxygen atoms in total. The molecule has 1 aliphatic rings. The van der Waals surface area contributed by atoms with E-state index in [9.17, 15) is 9.18 Å². The van der Waals surface area contributed by atoms with Crippen LogP contribution in [0.2, 0.25) is 0 Å². The number of esters is 1. The lowest BCUT2D eigenvalue weighted by atomic mass is 9.78. The van der Waals surface area contributed by atoms with Crippen molar-refractivity contribution in [3.05, 3.63) is 53.8 Å². The average Bonchev–Trinajstić information content (AvgIpc) is 2.97. The van der Waals surface area contributed by atoms with E-state index in [1.165, 1.54) is 95.6 Å². The van der Waals surface area contributed by atoms with Gasteiger partial charge >= 0.3 is 5.97 Å². The van der Waals surface area contributed by atoms with Crippen LogP contribution in [0.15, 0.2) is 42.5 Å². The molecule has 222 valence electrons. The third-order valence-corrected chi connectivity index (χ3v) is 8.15. The maximum absolute atomic E-state index is 14.5. The van der Waals surface area contributed by atoms with Gasteiger partial charge in [0.1, 0.15) is 11.5 Å². The molecule has 0 aromatic heterocycles. The summed E-state index contributed by atoms with van der Waals surface area (Å²) in [5.74, 6) is 1.98. The predicted molar refractivity (Wildman–Crippen MR) is 161 cm³/mol. The Kier molecular flexibility index (Phi) is 15.0. The fourth-order valence-corrected chi connectivity index (χ4v) is 5.71. The number of benzene rings is 2. The lowest BCUT2D eigenvalue weighted by Crippen LogP contribution is -2.15. The predicted octanol–water partition coefficient (Wildman–Crippen LogP) is 10.3. The summed E-state index contributed by atoms with van der Waals surface area (Å²) < 4.78 is 31.5. The maximum atomic E-state index is 14.5. The monoisotopic (exact) mass is 554 g/mol. The van der Waals surface area contributed by atoms with Crippen molar-refractivity contribution in [1.29, 1.82) is 0 Å². The first-order valence-corrected chi connectivity index (χ1v) is 16.0. The summed E-state index contributed by atoms with van der Waals surface area (Å²) in [6.45, 7) is 5.68. The van der Waals surface area contributed by atoms with Gasteiger partial charge in [-0.05, 0) is 73.6 Å². The molecule has 0 heterocycles. The summed E-state index contributed by atoms with van der Waals surface area (Å²) in [5.41, 5.74) is 0.154. The Bertz CT molecular complexity index is 966. The summed E-state index contributed by atoms with van der Waals surface area (Å²) in [6, 6.07) is 11.3. The maximum Gasteiger partial charge on any atom is 0.343 e. The highest BCUT2D eigenvalue weighted by atomic mass is 19.1. The Morgan fingerprint density at radius 1 is 0.700 bits per heavy atom. The van der Waals surface area contributed by atoms with E-state index < -0.39 is 11.8 Å². The molecule has 0 unspecified atom stereocenters. The minimum atomic E-state index is -0.601. The molecule has 2 aromatic rings. The van der Waals surface area contributed by atoms with Crippen LogP contribution >= 0.6 is 0 Å². The Hall–Kier alpha value is -2.56. The molecule has 2 aromatic carbocycles. The van der Waals surface area contributed by atoms with Gasteiger partial charge in [-0.15, -0.1) is 0 Å². The third-order valence-electron chi connectivity index (χ3n) is 8.15. The topological polar surface area (TPSA) is 44.8 Å². The van der Waals surface area contributed by atoms with Crippen LogP contribution in [0.3, 0.4) is 0 Å². The van der Waals surface area contributed by atoms with Gasteiger partial charge in [-0.1, -0.05) is 97.3 Å². The molecule has 0 saturated heterocycles. The second-order valence-electron chi connectivity index (χ2n) is 11.5. The molecule has 1 aliphatic carbocycles. The molecule has 1 saturated carbocycles. The first kappa shape index (κ1) is 32.0. The zero-order valence-electron chi connectivity index (χ0n) is 24.9. The molecule has 1 fully saturated rings. The van der Waals surface area contributed by atoms with Crippen LogP contribution in [0.4, 0.5) is 4.39 Å². The minimum Gasteiger partial charge on any atom is -0.494 e. The van der Waals surface area contributed by atoms with Crippen LogP contribution in [-0.2, 0) is 0 Å². The molecule has 0 amide bonds. The molecular formula is C35H51FO4. The second kappa shape index (κ2) is 18.7. The lowest BCUT2D eigenvalue weighted by Gasteiger charge is -2.28. The lowest BCUT2D eigenvalue weighted by molar-refractivity contribution is 0.0734. The van der Waals surface area contributed by atoms with Crippen molar-refractivity contribution >= 4 is 5.97 Å². The number of hydrogen-bond donors (Lipinski definition) is 0. The van der Waals surface area contributed by atoms with Crippen molar-refractivity contribution < 1.29 is 23.4 Å². The van der Waals surface area contributed by atoms with Gasteiger partial charge in [-0.25, -0.2) is 9.18 Å². The SMILES string of the molecule is CCCCCCCCCCOc1ccc(C(=O)Oc2ccc(OCCCC3CCC(CCC)CC3)cc2)cc1F. The Morgan fingerprint density at radius 2 is 1.30 bits per heavy atom. The number of ether oxygens (including phenoxy) is 3. The summed E-state index contributed by atoms with van der Waals surface area (Å²) in [7, 11) is 0. The first-order chi connectivity index (χ1) is 19.6. The van der Waals surface area contributed by atoms with Gasteiger partial charge in [0.2, 0.25) is 0 Å². The summed E-state index contributed by atoms with van der Waals surface area (Å²) in [5, 5.41) is 0. The van der Waals surface area contributed by atoms with Crippen LogP contribution in [0.25, 0.3) is 0 Å². The Morgan fingerprint density at radius 3 is 1.95 bits per heavy atom. The number of hydrogen-bond acceptors (Lipinski definition) is 4. The molecule has 0 bridgehead atoms. The van der Waals surface area contributed by atoms with E-state index in [-0.39, 0.29) is 11.3 Å². The van der Waals surface area contributed by atoms with Gasteiger partial charge in [0, 0.05) is 0 Å². The van der Waals surface area contributed by atoms with Gasteiger partial charge in [0.05, 0.1) is 18.8 Å². The van der Waals surface area contributed by atoms with E-state index in [4.69, 9.17) is 14.2 Å². The van der Waals surface area contributed by atoms with Crippen molar-refractivity contribution in [2.45, 2.75) is 117 Å². The van der Waals surface area contributed by atoms with E-state index in [0.29, 0.717) is 19.0 Å². The number of unbranched alkanes of at least 4 members (excludes halogenated alkanes) is 7.